The third kappa shape index (κ3) is 4.09. The predicted octanol–water partition coefficient (Wildman–Crippen LogP) is 3.33. The van der Waals surface area contributed by atoms with E-state index in [1.165, 1.54) is 11.4 Å². The number of nitrogens with zero attached hydrogens (tertiary/aromatic N) is 1. The largest absolute Gasteiger partial charge is 0.496 e. The predicted molar refractivity (Wildman–Crippen MR) is 97.2 cm³/mol. The highest BCUT2D eigenvalue weighted by atomic mass is 79.9. The number of hydrogen-bond donors (Lipinski definition) is 0. The van der Waals surface area contributed by atoms with Crippen LogP contribution in [0.5, 0.6) is 11.5 Å². The summed E-state index contributed by atoms with van der Waals surface area (Å²) in [6.45, 7) is 0.354. The lowest BCUT2D eigenvalue weighted by molar-refractivity contribution is 0.405. The van der Waals surface area contributed by atoms with Crippen molar-refractivity contribution in [2.75, 3.05) is 27.8 Å². The fourth-order valence-electron chi connectivity index (χ4n) is 2.30. The number of methoxy groups -OCH3 is 2. The van der Waals surface area contributed by atoms with Gasteiger partial charge in [-0.05, 0) is 52.2 Å². The number of halogens is 1. The van der Waals surface area contributed by atoms with Crippen LogP contribution in [0.15, 0.2) is 51.8 Å². The van der Waals surface area contributed by atoms with Gasteiger partial charge < -0.3 is 9.47 Å². The van der Waals surface area contributed by atoms with E-state index in [1.807, 2.05) is 24.3 Å². The van der Waals surface area contributed by atoms with Gasteiger partial charge in [0.1, 0.15) is 11.5 Å². The van der Waals surface area contributed by atoms with Gasteiger partial charge in [0, 0.05) is 13.6 Å². The van der Waals surface area contributed by atoms with E-state index in [0.29, 0.717) is 23.2 Å². The summed E-state index contributed by atoms with van der Waals surface area (Å²) in [6.07, 6.45) is 0.567. The van der Waals surface area contributed by atoms with Crippen LogP contribution in [0.2, 0.25) is 0 Å². The molecule has 130 valence electrons. The summed E-state index contributed by atoms with van der Waals surface area (Å²) in [6, 6.07) is 12.3. The normalized spacial score (nSPS) is 11.5. The zero-order valence-electron chi connectivity index (χ0n) is 13.8. The molecule has 0 fully saturated rings. The van der Waals surface area contributed by atoms with Crippen molar-refractivity contribution in [3.63, 3.8) is 0 Å². The molecule has 0 aliphatic heterocycles. The Labute approximate surface area is 151 Å². The lowest BCUT2D eigenvalue weighted by Gasteiger charge is -2.18. The molecule has 2 aromatic rings. The number of likely N-dealkylation sites (N-methyl/N-ethyl adjacent to an activating group) is 1. The smallest absolute Gasteiger partial charge is 0.242 e. The first-order valence-corrected chi connectivity index (χ1v) is 9.55. The molecule has 7 heteroatoms. The van der Waals surface area contributed by atoms with Gasteiger partial charge in [-0.15, -0.1) is 0 Å². The minimum Gasteiger partial charge on any atom is -0.496 e. The van der Waals surface area contributed by atoms with E-state index >= 15 is 0 Å². The average Bonchev–Trinajstić information content (AvgIpc) is 2.59. The molecular formula is C17H20BrNO4S. The Balaban J connectivity index is 2.16. The van der Waals surface area contributed by atoms with Crippen molar-refractivity contribution in [3.05, 3.63) is 52.5 Å². The lowest BCUT2D eigenvalue weighted by atomic mass is 10.1. The number of ether oxygens (including phenoxy) is 2. The van der Waals surface area contributed by atoms with Crippen LogP contribution >= 0.6 is 15.9 Å². The molecule has 5 nitrogen and oxygen atoms in total. The monoisotopic (exact) mass is 413 g/mol. The van der Waals surface area contributed by atoms with Crippen molar-refractivity contribution in [3.8, 4) is 11.5 Å². The van der Waals surface area contributed by atoms with Gasteiger partial charge in [-0.2, -0.15) is 0 Å². The minimum atomic E-state index is -3.57. The fourth-order valence-corrected chi connectivity index (χ4v) is 4.19. The SMILES string of the molecule is COc1ccc(S(=O)(=O)N(C)CCc2ccccc2OC)cc1Br. The molecule has 24 heavy (non-hydrogen) atoms. The van der Waals surface area contributed by atoms with Crippen LogP contribution in [0.4, 0.5) is 0 Å². The number of sulfonamides is 1. The van der Waals surface area contributed by atoms with Gasteiger partial charge in [-0.25, -0.2) is 12.7 Å². The first-order chi connectivity index (χ1) is 11.4. The maximum Gasteiger partial charge on any atom is 0.242 e. The molecule has 0 N–H and O–H groups in total. The third-order valence-corrected chi connectivity index (χ3v) is 6.19. The zero-order valence-corrected chi connectivity index (χ0v) is 16.2. The average molecular weight is 414 g/mol. The Morgan fingerprint density at radius 2 is 1.71 bits per heavy atom. The second-order valence-corrected chi connectivity index (χ2v) is 8.08. The minimum absolute atomic E-state index is 0.220. The molecule has 0 radical (unpaired) electrons. The van der Waals surface area contributed by atoms with E-state index in [4.69, 9.17) is 9.47 Å². The van der Waals surface area contributed by atoms with E-state index < -0.39 is 10.0 Å². The molecule has 0 saturated heterocycles. The highest BCUT2D eigenvalue weighted by Crippen LogP contribution is 2.28. The van der Waals surface area contributed by atoms with Gasteiger partial charge in [0.2, 0.25) is 10.0 Å². The van der Waals surface area contributed by atoms with Gasteiger partial charge in [0.25, 0.3) is 0 Å². The van der Waals surface area contributed by atoms with Crippen molar-refractivity contribution in [2.45, 2.75) is 11.3 Å². The van der Waals surface area contributed by atoms with E-state index in [2.05, 4.69) is 15.9 Å². The highest BCUT2D eigenvalue weighted by Gasteiger charge is 2.22. The highest BCUT2D eigenvalue weighted by molar-refractivity contribution is 9.10. The van der Waals surface area contributed by atoms with Gasteiger partial charge >= 0.3 is 0 Å². The molecule has 0 aromatic heterocycles. The van der Waals surface area contributed by atoms with Gasteiger partial charge in [-0.3, -0.25) is 0 Å². The maximum absolute atomic E-state index is 12.7. The Hall–Kier alpha value is -1.57. The molecule has 2 aromatic carbocycles. The molecule has 0 amide bonds. The summed E-state index contributed by atoms with van der Waals surface area (Å²) in [4.78, 5) is 0.220. The molecule has 0 saturated carbocycles. The molecule has 0 heterocycles. The van der Waals surface area contributed by atoms with E-state index in [0.717, 1.165) is 11.3 Å². The Morgan fingerprint density at radius 1 is 1.04 bits per heavy atom. The summed E-state index contributed by atoms with van der Waals surface area (Å²) in [7, 11) is 1.14. The molecule has 2 rings (SSSR count). The van der Waals surface area contributed by atoms with Crippen molar-refractivity contribution in [2.24, 2.45) is 0 Å². The van der Waals surface area contributed by atoms with Crippen LogP contribution in [0.1, 0.15) is 5.56 Å². The topological polar surface area (TPSA) is 55.8 Å². The lowest BCUT2D eigenvalue weighted by Crippen LogP contribution is -2.29. The van der Waals surface area contributed by atoms with Crippen LogP contribution in [0.3, 0.4) is 0 Å². The summed E-state index contributed by atoms with van der Waals surface area (Å²) in [5.41, 5.74) is 0.970. The second kappa shape index (κ2) is 8.00. The second-order valence-electron chi connectivity index (χ2n) is 5.18. The van der Waals surface area contributed by atoms with Crippen molar-refractivity contribution in [1.82, 2.24) is 4.31 Å². The Morgan fingerprint density at radius 3 is 2.33 bits per heavy atom. The molecular weight excluding hydrogens is 394 g/mol. The van der Waals surface area contributed by atoms with Crippen LogP contribution in [-0.4, -0.2) is 40.5 Å². The van der Waals surface area contributed by atoms with Crippen LogP contribution in [0.25, 0.3) is 0 Å². The van der Waals surface area contributed by atoms with Crippen LogP contribution in [-0.2, 0) is 16.4 Å². The van der Waals surface area contributed by atoms with Gasteiger partial charge in [0.05, 0.1) is 23.6 Å². The number of para-hydroxylation sites is 1. The summed E-state index contributed by atoms with van der Waals surface area (Å²) >= 11 is 3.32. The van der Waals surface area contributed by atoms with Gasteiger partial charge in [0.15, 0.2) is 0 Å². The quantitative estimate of drug-likeness (QED) is 0.698. The molecule has 0 aliphatic rings. The Bertz CT molecular complexity index is 808. The summed E-state index contributed by atoms with van der Waals surface area (Å²) in [5.74, 6) is 1.35. The molecule has 0 atom stereocenters. The van der Waals surface area contributed by atoms with E-state index in [1.54, 1.807) is 32.4 Å². The third-order valence-electron chi connectivity index (χ3n) is 3.72. The first-order valence-electron chi connectivity index (χ1n) is 7.32. The number of benzene rings is 2. The van der Waals surface area contributed by atoms with Crippen LogP contribution < -0.4 is 9.47 Å². The summed E-state index contributed by atoms with van der Waals surface area (Å²) in [5, 5.41) is 0. The Kier molecular flexibility index (Phi) is 6.26. The van der Waals surface area contributed by atoms with Crippen LogP contribution in [0, 0.1) is 0 Å². The maximum atomic E-state index is 12.7. The molecule has 0 spiro atoms. The van der Waals surface area contributed by atoms with Crippen molar-refractivity contribution < 1.29 is 17.9 Å². The van der Waals surface area contributed by atoms with Crippen molar-refractivity contribution in [1.29, 1.82) is 0 Å². The fraction of sp³-hybridized carbons (Fsp3) is 0.294. The summed E-state index contributed by atoms with van der Waals surface area (Å²) < 4.78 is 37.8. The number of hydrogen-bond acceptors (Lipinski definition) is 4. The zero-order chi connectivity index (χ0) is 17.7. The van der Waals surface area contributed by atoms with E-state index in [9.17, 15) is 8.42 Å². The molecule has 0 bridgehead atoms. The first kappa shape index (κ1) is 18.8. The number of rotatable bonds is 7. The molecule has 0 unspecified atom stereocenters. The molecule has 0 aliphatic carbocycles. The standard InChI is InChI=1S/C17H20BrNO4S/c1-19(11-10-13-6-4-5-7-16(13)22-2)24(20,21)14-8-9-17(23-3)15(18)12-14/h4-9,12H,10-11H2,1-3H3. The van der Waals surface area contributed by atoms with E-state index in [-0.39, 0.29) is 4.90 Å². The van der Waals surface area contributed by atoms with Gasteiger partial charge in [-0.1, -0.05) is 18.2 Å². The van der Waals surface area contributed by atoms with Crippen molar-refractivity contribution >= 4 is 26.0 Å².